The molecule has 0 aliphatic heterocycles. The van der Waals surface area contributed by atoms with E-state index in [1.807, 2.05) is 49.4 Å². The van der Waals surface area contributed by atoms with Crippen LogP contribution in [0.25, 0.3) is 11.1 Å². The summed E-state index contributed by atoms with van der Waals surface area (Å²) < 4.78 is 0. The van der Waals surface area contributed by atoms with Gasteiger partial charge in [-0.25, -0.2) is 0 Å². The van der Waals surface area contributed by atoms with Crippen molar-refractivity contribution in [3.05, 3.63) is 60.2 Å². The summed E-state index contributed by atoms with van der Waals surface area (Å²) in [7, 11) is 0. The van der Waals surface area contributed by atoms with Crippen LogP contribution in [0.3, 0.4) is 0 Å². The lowest BCUT2D eigenvalue weighted by Gasteiger charge is -2.12. The summed E-state index contributed by atoms with van der Waals surface area (Å²) in [5, 5.41) is 2.76. The van der Waals surface area contributed by atoms with Crippen LogP contribution < -0.4 is 11.1 Å². The van der Waals surface area contributed by atoms with Gasteiger partial charge in [0.25, 0.3) is 0 Å². The minimum absolute atomic E-state index is 0.00728. The summed E-state index contributed by atoms with van der Waals surface area (Å²) in [4.78, 5) is 11.5. The van der Waals surface area contributed by atoms with Crippen LogP contribution in [-0.4, -0.2) is 12.5 Å². The van der Waals surface area contributed by atoms with Gasteiger partial charge in [-0.3, -0.25) is 4.79 Å². The highest BCUT2D eigenvalue weighted by Crippen LogP contribution is 2.22. The van der Waals surface area contributed by atoms with Gasteiger partial charge in [0.15, 0.2) is 0 Å². The molecular formula is C17H20N2O. The summed E-state index contributed by atoms with van der Waals surface area (Å²) in [6.45, 7) is 2.54. The highest BCUT2D eigenvalue weighted by molar-refractivity contribution is 5.76. The number of nitrogens with one attached hydrogen (secondary N) is 1. The molecule has 0 bridgehead atoms. The van der Waals surface area contributed by atoms with Crippen LogP contribution in [0.5, 0.6) is 0 Å². The topological polar surface area (TPSA) is 55.1 Å². The van der Waals surface area contributed by atoms with Gasteiger partial charge in [0.05, 0.1) is 0 Å². The molecule has 20 heavy (non-hydrogen) atoms. The molecule has 0 heterocycles. The van der Waals surface area contributed by atoms with Crippen molar-refractivity contribution < 1.29 is 4.79 Å². The first-order valence-corrected chi connectivity index (χ1v) is 6.88. The number of hydrogen-bond acceptors (Lipinski definition) is 2. The van der Waals surface area contributed by atoms with E-state index in [1.165, 1.54) is 5.56 Å². The van der Waals surface area contributed by atoms with Gasteiger partial charge in [-0.15, -0.1) is 0 Å². The summed E-state index contributed by atoms with van der Waals surface area (Å²) in [6.07, 6.45) is 0.318. The third kappa shape index (κ3) is 3.68. The van der Waals surface area contributed by atoms with E-state index in [1.54, 1.807) is 0 Å². The second-order valence-corrected chi connectivity index (χ2v) is 4.75. The quantitative estimate of drug-likeness (QED) is 0.876. The van der Waals surface area contributed by atoms with E-state index < -0.39 is 0 Å². The predicted molar refractivity (Wildman–Crippen MR) is 82.1 cm³/mol. The molecule has 2 aromatic rings. The van der Waals surface area contributed by atoms with Crippen LogP contribution in [-0.2, 0) is 4.79 Å². The minimum atomic E-state index is -0.258. The largest absolute Gasteiger partial charge is 0.356 e. The molecule has 2 rings (SSSR count). The normalized spacial score (nSPS) is 11.9. The lowest BCUT2D eigenvalue weighted by molar-refractivity contribution is -0.121. The standard InChI is InChI=1S/C17H20N2O/c1-2-19-17(20)12-16(18)15-10-8-14(9-11-15)13-6-4-3-5-7-13/h3-11,16H,2,12,18H2,1H3,(H,19,20). The van der Waals surface area contributed by atoms with Crippen molar-refractivity contribution in [1.82, 2.24) is 5.32 Å². The molecule has 1 atom stereocenters. The predicted octanol–water partition coefficient (Wildman–Crippen LogP) is 2.88. The molecule has 0 aliphatic carbocycles. The first-order chi connectivity index (χ1) is 9.70. The third-order valence-electron chi connectivity index (χ3n) is 3.23. The maximum atomic E-state index is 11.5. The van der Waals surface area contributed by atoms with E-state index in [9.17, 15) is 4.79 Å². The van der Waals surface area contributed by atoms with Crippen molar-refractivity contribution in [2.75, 3.05) is 6.54 Å². The second-order valence-electron chi connectivity index (χ2n) is 4.75. The van der Waals surface area contributed by atoms with Gasteiger partial charge in [0.2, 0.25) is 5.91 Å². The Labute approximate surface area is 119 Å². The van der Waals surface area contributed by atoms with Gasteiger partial charge >= 0.3 is 0 Å². The van der Waals surface area contributed by atoms with Crippen molar-refractivity contribution in [3.8, 4) is 11.1 Å². The molecule has 3 heteroatoms. The summed E-state index contributed by atoms with van der Waals surface area (Å²) >= 11 is 0. The van der Waals surface area contributed by atoms with Crippen LogP contribution in [0.15, 0.2) is 54.6 Å². The molecule has 0 spiro atoms. The van der Waals surface area contributed by atoms with Crippen LogP contribution >= 0.6 is 0 Å². The van der Waals surface area contributed by atoms with Crippen LogP contribution in [0.2, 0.25) is 0 Å². The van der Waals surface area contributed by atoms with Crippen molar-refractivity contribution in [2.24, 2.45) is 5.73 Å². The Morgan fingerprint density at radius 2 is 1.65 bits per heavy atom. The molecule has 0 fully saturated rings. The molecule has 2 aromatic carbocycles. The zero-order valence-electron chi connectivity index (χ0n) is 11.7. The van der Waals surface area contributed by atoms with Crippen molar-refractivity contribution in [1.29, 1.82) is 0 Å². The van der Waals surface area contributed by atoms with Gasteiger partial charge in [-0.1, -0.05) is 54.6 Å². The van der Waals surface area contributed by atoms with E-state index in [-0.39, 0.29) is 11.9 Å². The van der Waals surface area contributed by atoms with Crippen molar-refractivity contribution in [3.63, 3.8) is 0 Å². The number of benzene rings is 2. The van der Waals surface area contributed by atoms with Gasteiger partial charge in [-0.05, 0) is 23.6 Å². The van der Waals surface area contributed by atoms with E-state index in [2.05, 4.69) is 17.4 Å². The molecular weight excluding hydrogens is 248 g/mol. The molecule has 0 aromatic heterocycles. The SMILES string of the molecule is CCNC(=O)CC(N)c1ccc(-c2ccccc2)cc1. The molecule has 1 amide bonds. The van der Waals surface area contributed by atoms with Crippen LogP contribution in [0.1, 0.15) is 24.9 Å². The highest BCUT2D eigenvalue weighted by Gasteiger charge is 2.11. The monoisotopic (exact) mass is 268 g/mol. The Bertz CT molecular complexity index is 549. The number of carbonyl (C=O) groups is 1. The zero-order valence-corrected chi connectivity index (χ0v) is 11.7. The maximum Gasteiger partial charge on any atom is 0.221 e. The number of amides is 1. The number of carbonyl (C=O) groups excluding carboxylic acids is 1. The van der Waals surface area contributed by atoms with Crippen LogP contribution in [0, 0.1) is 0 Å². The number of nitrogens with two attached hydrogens (primary N) is 1. The molecule has 0 radical (unpaired) electrons. The molecule has 0 saturated carbocycles. The fourth-order valence-electron chi connectivity index (χ4n) is 2.14. The minimum Gasteiger partial charge on any atom is -0.356 e. The second kappa shape index (κ2) is 6.87. The van der Waals surface area contributed by atoms with E-state index in [0.717, 1.165) is 11.1 Å². The highest BCUT2D eigenvalue weighted by atomic mass is 16.1. The summed E-state index contributed by atoms with van der Waals surface area (Å²) in [5.74, 6) is -0.00728. The molecule has 0 aliphatic rings. The fraction of sp³-hybridized carbons (Fsp3) is 0.235. The maximum absolute atomic E-state index is 11.5. The van der Waals surface area contributed by atoms with Crippen molar-refractivity contribution >= 4 is 5.91 Å². The molecule has 1 unspecified atom stereocenters. The van der Waals surface area contributed by atoms with Gasteiger partial charge in [0, 0.05) is 19.0 Å². The summed E-state index contributed by atoms with van der Waals surface area (Å²) in [6, 6.07) is 18.0. The molecule has 3 nitrogen and oxygen atoms in total. The lowest BCUT2D eigenvalue weighted by atomic mass is 9.99. The lowest BCUT2D eigenvalue weighted by Crippen LogP contribution is -2.27. The molecule has 0 saturated heterocycles. The Morgan fingerprint density at radius 1 is 1.05 bits per heavy atom. The van der Waals surface area contributed by atoms with Gasteiger partial charge in [-0.2, -0.15) is 0 Å². The van der Waals surface area contributed by atoms with Crippen molar-refractivity contribution in [2.45, 2.75) is 19.4 Å². The molecule has 3 N–H and O–H groups in total. The average Bonchev–Trinajstić information content (AvgIpc) is 2.48. The van der Waals surface area contributed by atoms with E-state index in [0.29, 0.717) is 13.0 Å². The third-order valence-corrected chi connectivity index (χ3v) is 3.23. The smallest absolute Gasteiger partial charge is 0.221 e. The zero-order chi connectivity index (χ0) is 14.4. The van der Waals surface area contributed by atoms with E-state index in [4.69, 9.17) is 5.73 Å². The Morgan fingerprint density at radius 3 is 2.25 bits per heavy atom. The number of rotatable bonds is 5. The Balaban J connectivity index is 2.06. The summed E-state index contributed by atoms with van der Waals surface area (Å²) in [5.41, 5.74) is 9.37. The number of hydrogen-bond donors (Lipinski definition) is 2. The van der Waals surface area contributed by atoms with Gasteiger partial charge < -0.3 is 11.1 Å². The van der Waals surface area contributed by atoms with Crippen LogP contribution in [0.4, 0.5) is 0 Å². The fourth-order valence-corrected chi connectivity index (χ4v) is 2.14. The van der Waals surface area contributed by atoms with Gasteiger partial charge in [0.1, 0.15) is 0 Å². The Kier molecular flexibility index (Phi) is 4.91. The molecule has 104 valence electrons. The first kappa shape index (κ1) is 14.3. The first-order valence-electron chi connectivity index (χ1n) is 6.88. The average molecular weight is 268 g/mol. The van der Waals surface area contributed by atoms with E-state index >= 15 is 0 Å². The Hall–Kier alpha value is -2.13.